The quantitative estimate of drug-likeness (QED) is 0.668. The Morgan fingerprint density at radius 1 is 1.14 bits per heavy atom. The smallest absolute Gasteiger partial charge is 0.407 e. The Labute approximate surface area is 125 Å². The van der Waals surface area contributed by atoms with Gasteiger partial charge in [0.15, 0.2) is 0 Å². The summed E-state index contributed by atoms with van der Waals surface area (Å²) in [4.78, 5) is 22.1. The molecule has 122 valence electrons. The van der Waals surface area contributed by atoms with Crippen LogP contribution in [0.5, 0.6) is 0 Å². The lowest BCUT2D eigenvalue weighted by Crippen LogP contribution is -2.41. The summed E-state index contributed by atoms with van der Waals surface area (Å²) in [7, 11) is 0. The van der Waals surface area contributed by atoms with Gasteiger partial charge in [-0.3, -0.25) is 0 Å². The molecule has 1 saturated carbocycles. The first-order chi connectivity index (χ1) is 9.76. The number of amides is 2. The number of carbonyl (C=O) groups excluding carboxylic acids is 2. The number of hydrogen-bond donors (Lipinski definition) is 3. The fourth-order valence-corrected chi connectivity index (χ4v) is 2.30. The predicted octanol–water partition coefficient (Wildman–Crippen LogP) is 1.51. The van der Waals surface area contributed by atoms with E-state index in [2.05, 4.69) is 10.6 Å². The summed E-state index contributed by atoms with van der Waals surface area (Å²) in [6.07, 6.45) is 2.35. The van der Waals surface area contributed by atoms with Crippen molar-refractivity contribution in [1.29, 1.82) is 0 Å². The van der Waals surface area contributed by atoms with E-state index in [9.17, 15) is 9.59 Å². The summed E-state index contributed by atoms with van der Waals surface area (Å²) in [6.45, 7) is 6.70. The van der Waals surface area contributed by atoms with Gasteiger partial charge in [0.1, 0.15) is 11.7 Å². The monoisotopic (exact) mass is 301 g/mol. The molecule has 1 fully saturated rings. The fraction of sp³-hybridized carbons (Fsp3) is 0.857. The third-order valence-electron chi connectivity index (χ3n) is 3.18. The molecule has 7 nitrogen and oxygen atoms in total. The molecule has 1 aliphatic rings. The van der Waals surface area contributed by atoms with Gasteiger partial charge in [0.2, 0.25) is 0 Å². The van der Waals surface area contributed by atoms with Crippen molar-refractivity contribution in [3.05, 3.63) is 0 Å². The number of primary amides is 1. The second-order valence-electron chi connectivity index (χ2n) is 6.29. The zero-order valence-corrected chi connectivity index (χ0v) is 13.1. The first-order valence-corrected chi connectivity index (χ1v) is 7.42. The Balaban J connectivity index is 2.07. The average molecular weight is 301 g/mol. The number of alkyl carbamates (subject to hydrolysis) is 1. The molecule has 0 aromatic heterocycles. The number of carbonyl (C=O) groups is 2. The lowest BCUT2D eigenvalue weighted by Gasteiger charge is -2.28. The normalized spacial score (nSPS) is 22.4. The predicted molar refractivity (Wildman–Crippen MR) is 79.0 cm³/mol. The largest absolute Gasteiger partial charge is 0.446 e. The lowest BCUT2D eigenvalue weighted by molar-refractivity contribution is 0.0527. The summed E-state index contributed by atoms with van der Waals surface area (Å²) < 4.78 is 10.1. The van der Waals surface area contributed by atoms with Crippen molar-refractivity contribution in [3.8, 4) is 0 Å². The maximum atomic E-state index is 11.4. The topological polar surface area (TPSA) is 103 Å². The van der Waals surface area contributed by atoms with Crippen LogP contribution in [0.3, 0.4) is 0 Å². The van der Waals surface area contributed by atoms with Crippen LogP contribution >= 0.6 is 0 Å². The van der Waals surface area contributed by atoms with Crippen LogP contribution in [0.4, 0.5) is 9.59 Å². The molecule has 0 bridgehead atoms. The van der Waals surface area contributed by atoms with Crippen LogP contribution in [0.2, 0.25) is 0 Å². The molecule has 2 amide bonds. The summed E-state index contributed by atoms with van der Waals surface area (Å²) >= 11 is 0. The first-order valence-electron chi connectivity index (χ1n) is 7.42. The van der Waals surface area contributed by atoms with E-state index >= 15 is 0 Å². The van der Waals surface area contributed by atoms with Crippen LogP contribution in [-0.2, 0) is 9.47 Å². The minimum atomic E-state index is -0.701. The third kappa shape index (κ3) is 8.39. The molecular weight excluding hydrogens is 274 g/mol. The molecule has 1 aliphatic carbocycles. The van der Waals surface area contributed by atoms with Gasteiger partial charge in [0.05, 0.1) is 0 Å². The van der Waals surface area contributed by atoms with E-state index in [0.717, 1.165) is 25.7 Å². The van der Waals surface area contributed by atoms with Crippen molar-refractivity contribution in [2.75, 3.05) is 13.1 Å². The molecule has 0 radical (unpaired) electrons. The number of ether oxygens (including phenoxy) is 2. The Morgan fingerprint density at radius 3 is 2.29 bits per heavy atom. The highest BCUT2D eigenvalue weighted by molar-refractivity contribution is 5.67. The maximum absolute atomic E-state index is 11.4. The van der Waals surface area contributed by atoms with Gasteiger partial charge < -0.3 is 25.8 Å². The van der Waals surface area contributed by atoms with E-state index in [-0.39, 0.29) is 6.10 Å². The molecular formula is C14H27N3O4. The van der Waals surface area contributed by atoms with Gasteiger partial charge >= 0.3 is 12.2 Å². The number of nitrogens with two attached hydrogens (primary N) is 1. The molecule has 0 aliphatic heterocycles. The summed E-state index contributed by atoms with van der Waals surface area (Å²) in [5.74, 6) is 0. The number of rotatable bonds is 5. The molecule has 0 aromatic carbocycles. The van der Waals surface area contributed by atoms with Crippen LogP contribution < -0.4 is 16.4 Å². The van der Waals surface area contributed by atoms with Crippen molar-refractivity contribution < 1.29 is 19.1 Å². The van der Waals surface area contributed by atoms with Gasteiger partial charge in [-0.1, -0.05) is 0 Å². The molecule has 0 aromatic rings. The maximum Gasteiger partial charge on any atom is 0.407 e. The molecule has 0 atom stereocenters. The molecule has 0 heterocycles. The Bertz CT molecular complexity index is 347. The van der Waals surface area contributed by atoms with E-state index in [0.29, 0.717) is 19.1 Å². The molecule has 7 heteroatoms. The van der Waals surface area contributed by atoms with Crippen LogP contribution in [0.1, 0.15) is 46.5 Å². The summed E-state index contributed by atoms with van der Waals surface area (Å²) in [6, 6.07) is 0.387. The van der Waals surface area contributed by atoms with Crippen LogP contribution in [0.15, 0.2) is 0 Å². The van der Waals surface area contributed by atoms with Gasteiger partial charge in [-0.25, -0.2) is 9.59 Å². The number of nitrogens with one attached hydrogen (secondary N) is 2. The molecule has 1 rings (SSSR count). The summed E-state index contributed by atoms with van der Waals surface area (Å²) in [5, 5.41) is 6.08. The van der Waals surface area contributed by atoms with Crippen LogP contribution in [-0.4, -0.2) is 43.0 Å². The molecule has 4 N–H and O–H groups in total. The zero-order valence-electron chi connectivity index (χ0n) is 13.1. The SMILES string of the molecule is CC(C)(C)OC(=O)NCCNC1CCC(OC(N)=O)CC1. The van der Waals surface area contributed by atoms with E-state index in [1.807, 2.05) is 20.8 Å². The highest BCUT2D eigenvalue weighted by Gasteiger charge is 2.22. The van der Waals surface area contributed by atoms with Gasteiger partial charge in [-0.2, -0.15) is 0 Å². The fourth-order valence-electron chi connectivity index (χ4n) is 2.30. The van der Waals surface area contributed by atoms with Crippen LogP contribution in [0.25, 0.3) is 0 Å². The van der Waals surface area contributed by atoms with E-state index < -0.39 is 17.8 Å². The minimum absolute atomic E-state index is 0.0551. The highest BCUT2D eigenvalue weighted by atomic mass is 16.6. The molecule has 0 saturated heterocycles. The zero-order chi connectivity index (χ0) is 15.9. The van der Waals surface area contributed by atoms with Crippen molar-refractivity contribution in [2.24, 2.45) is 5.73 Å². The molecule has 21 heavy (non-hydrogen) atoms. The average Bonchev–Trinajstić information content (AvgIpc) is 2.34. The van der Waals surface area contributed by atoms with Gasteiger partial charge in [0, 0.05) is 19.1 Å². The van der Waals surface area contributed by atoms with Crippen molar-refractivity contribution in [3.63, 3.8) is 0 Å². The Kier molecular flexibility index (Phi) is 6.74. The van der Waals surface area contributed by atoms with Gasteiger partial charge in [-0.05, 0) is 46.5 Å². The molecule has 0 unspecified atom stereocenters. The lowest BCUT2D eigenvalue weighted by atomic mass is 9.93. The Morgan fingerprint density at radius 2 is 1.76 bits per heavy atom. The highest BCUT2D eigenvalue weighted by Crippen LogP contribution is 2.20. The van der Waals surface area contributed by atoms with Crippen molar-refractivity contribution >= 4 is 12.2 Å². The van der Waals surface area contributed by atoms with Gasteiger partial charge in [0.25, 0.3) is 0 Å². The molecule has 0 spiro atoms. The van der Waals surface area contributed by atoms with E-state index in [1.54, 1.807) is 0 Å². The third-order valence-corrected chi connectivity index (χ3v) is 3.18. The van der Waals surface area contributed by atoms with Gasteiger partial charge in [-0.15, -0.1) is 0 Å². The van der Waals surface area contributed by atoms with Crippen LogP contribution in [0, 0.1) is 0 Å². The first kappa shape index (κ1) is 17.6. The second-order valence-corrected chi connectivity index (χ2v) is 6.29. The summed E-state index contributed by atoms with van der Waals surface area (Å²) in [5.41, 5.74) is 4.52. The van der Waals surface area contributed by atoms with E-state index in [1.165, 1.54) is 0 Å². The minimum Gasteiger partial charge on any atom is -0.446 e. The Hall–Kier alpha value is -1.50. The second kappa shape index (κ2) is 8.07. The van der Waals surface area contributed by atoms with Crippen molar-refractivity contribution in [2.45, 2.75) is 64.2 Å². The van der Waals surface area contributed by atoms with E-state index in [4.69, 9.17) is 15.2 Å². The standard InChI is InChI=1S/C14H27N3O4/c1-14(2,3)21-13(19)17-9-8-16-10-4-6-11(7-5-10)20-12(15)18/h10-11,16H,4-9H2,1-3H3,(H2,15,18)(H,17,19). The van der Waals surface area contributed by atoms with Crippen molar-refractivity contribution in [1.82, 2.24) is 10.6 Å². The number of hydrogen-bond acceptors (Lipinski definition) is 5.